The van der Waals surface area contributed by atoms with E-state index >= 15 is 0 Å². The Morgan fingerprint density at radius 2 is 1.95 bits per heavy atom. The highest BCUT2D eigenvalue weighted by molar-refractivity contribution is 5.76. The third-order valence-corrected chi connectivity index (χ3v) is 4.63. The van der Waals surface area contributed by atoms with Crippen molar-refractivity contribution in [3.63, 3.8) is 0 Å². The van der Waals surface area contributed by atoms with E-state index < -0.39 is 0 Å². The SMILES string of the molecule is Nc1cnn(CC(=O)N2CCC(CN3CCCC3)CC2)c1. The summed E-state index contributed by atoms with van der Waals surface area (Å²) < 4.78 is 1.62. The van der Waals surface area contributed by atoms with Crippen molar-refractivity contribution in [2.45, 2.75) is 32.2 Å². The Hall–Kier alpha value is -1.56. The number of nitrogens with zero attached hydrogens (tertiary/aromatic N) is 4. The summed E-state index contributed by atoms with van der Waals surface area (Å²) in [5.74, 6) is 0.908. The van der Waals surface area contributed by atoms with E-state index in [1.54, 1.807) is 17.1 Å². The Labute approximate surface area is 125 Å². The zero-order valence-electron chi connectivity index (χ0n) is 12.6. The van der Waals surface area contributed by atoms with Crippen LogP contribution >= 0.6 is 0 Å². The lowest BCUT2D eigenvalue weighted by atomic mass is 9.96. The summed E-state index contributed by atoms with van der Waals surface area (Å²) in [5, 5.41) is 4.07. The summed E-state index contributed by atoms with van der Waals surface area (Å²) in [5.41, 5.74) is 6.22. The van der Waals surface area contributed by atoms with Gasteiger partial charge in [-0.3, -0.25) is 9.48 Å². The van der Waals surface area contributed by atoms with Crippen molar-refractivity contribution in [2.24, 2.45) is 5.92 Å². The Balaban J connectivity index is 1.43. The van der Waals surface area contributed by atoms with E-state index in [1.807, 2.05) is 4.90 Å². The summed E-state index contributed by atoms with van der Waals surface area (Å²) >= 11 is 0. The van der Waals surface area contributed by atoms with Gasteiger partial charge in [-0.25, -0.2) is 0 Å². The van der Waals surface area contributed by atoms with Crippen molar-refractivity contribution in [1.82, 2.24) is 19.6 Å². The fourth-order valence-electron chi connectivity index (χ4n) is 3.40. The van der Waals surface area contributed by atoms with Gasteiger partial charge in [-0.1, -0.05) is 0 Å². The number of rotatable bonds is 4. The number of carbonyl (C=O) groups is 1. The van der Waals surface area contributed by atoms with Gasteiger partial charge in [0, 0.05) is 25.8 Å². The molecule has 116 valence electrons. The van der Waals surface area contributed by atoms with Gasteiger partial charge in [0.25, 0.3) is 0 Å². The number of anilines is 1. The molecule has 0 unspecified atom stereocenters. The number of nitrogens with two attached hydrogens (primary N) is 1. The van der Waals surface area contributed by atoms with Gasteiger partial charge in [0.05, 0.1) is 11.9 Å². The van der Waals surface area contributed by atoms with Crippen LogP contribution in [0.5, 0.6) is 0 Å². The van der Waals surface area contributed by atoms with Crippen LogP contribution < -0.4 is 5.73 Å². The molecule has 2 saturated heterocycles. The maximum absolute atomic E-state index is 12.2. The average Bonchev–Trinajstić information content (AvgIpc) is 3.12. The maximum Gasteiger partial charge on any atom is 0.244 e. The van der Waals surface area contributed by atoms with Crippen LogP contribution in [0.2, 0.25) is 0 Å². The molecule has 3 heterocycles. The van der Waals surface area contributed by atoms with Crippen molar-refractivity contribution < 1.29 is 4.79 Å². The predicted octanol–water partition coefficient (Wildman–Crippen LogP) is 0.800. The lowest BCUT2D eigenvalue weighted by molar-refractivity contribution is -0.133. The molecule has 2 N–H and O–H groups in total. The van der Waals surface area contributed by atoms with Gasteiger partial charge >= 0.3 is 0 Å². The van der Waals surface area contributed by atoms with Crippen LogP contribution in [-0.2, 0) is 11.3 Å². The van der Waals surface area contributed by atoms with Gasteiger partial charge in [0.15, 0.2) is 0 Å². The quantitative estimate of drug-likeness (QED) is 0.891. The molecule has 0 spiro atoms. The number of likely N-dealkylation sites (tertiary alicyclic amines) is 2. The molecular formula is C15H25N5O. The topological polar surface area (TPSA) is 67.4 Å². The molecule has 1 amide bonds. The Morgan fingerprint density at radius 3 is 2.57 bits per heavy atom. The minimum absolute atomic E-state index is 0.151. The van der Waals surface area contributed by atoms with E-state index in [0.29, 0.717) is 12.2 Å². The third-order valence-electron chi connectivity index (χ3n) is 4.63. The zero-order chi connectivity index (χ0) is 14.7. The molecule has 1 aromatic rings. The highest BCUT2D eigenvalue weighted by atomic mass is 16.2. The molecule has 21 heavy (non-hydrogen) atoms. The minimum Gasteiger partial charge on any atom is -0.396 e. The fourth-order valence-corrected chi connectivity index (χ4v) is 3.40. The third kappa shape index (κ3) is 3.75. The Kier molecular flexibility index (Phi) is 4.43. The van der Waals surface area contributed by atoms with Gasteiger partial charge in [-0.2, -0.15) is 5.10 Å². The summed E-state index contributed by atoms with van der Waals surface area (Å²) in [6.07, 6.45) is 8.25. The first kappa shape index (κ1) is 14.4. The second kappa shape index (κ2) is 6.47. The van der Waals surface area contributed by atoms with E-state index in [0.717, 1.165) is 31.8 Å². The summed E-state index contributed by atoms with van der Waals surface area (Å²) in [6.45, 7) is 5.81. The highest BCUT2D eigenvalue weighted by Gasteiger charge is 2.25. The van der Waals surface area contributed by atoms with Gasteiger partial charge in [0.2, 0.25) is 5.91 Å². The number of aromatic nitrogens is 2. The smallest absolute Gasteiger partial charge is 0.244 e. The molecule has 6 heteroatoms. The zero-order valence-corrected chi connectivity index (χ0v) is 12.6. The number of hydrogen-bond acceptors (Lipinski definition) is 4. The second-order valence-corrected chi connectivity index (χ2v) is 6.30. The normalized spacial score (nSPS) is 21.0. The Bertz CT molecular complexity index is 472. The molecule has 2 aliphatic rings. The van der Waals surface area contributed by atoms with Crippen LogP contribution in [0.15, 0.2) is 12.4 Å². The Morgan fingerprint density at radius 1 is 1.24 bits per heavy atom. The fraction of sp³-hybridized carbons (Fsp3) is 0.733. The van der Waals surface area contributed by atoms with Crippen molar-refractivity contribution in [3.05, 3.63) is 12.4 Å². The largest absolute Gasteiger partial charge is 0.396 e. The van der Waals surface area contributed by atoms with Crippen molar-refractivity contribution in [1.29, 1.82) is 0 Å². The van der Waals surface area contributed by atoms with E-state index in [9.17, 15) is 4.79 Å². The lowest BCUT2D eigenvalue weighted by Gasteiger charge is -2.33. The first-order valence-corrected chi connectivity index (χ1v) is 7.99. The molecule has 1 aromatic heterocycles. The van der Waals surface area contributed by atoms with E-state index in [2.05, 4.69) is 10.00 Å². The first-order chi connectivity index (χ1) is 10.2. The number of amides is 1. The number of nitrogen functional groups attached to an aromatic ring is 1. The van der Waals surface area contributed by atoms with E-state index in [1.165, 1.54) is 32.5 Å². The number of carbonyl (C=O) groups excluding carboxylic acids is 1. The van der Waals surface area contributed by atoms with Gasteiger partial charge in [0.1, 0.15) is 6.54 Å². The summed E-state index contributed by atoms with van der Waals surface area (Å²) in [4.78, 5) is 16.8. The highest BCUT2D eigenvalue weighted by Crippen LogP contribution is 2.20. The number of piperidine rings is 1. The number of hydrogen-bond donors (Lipinski definition) is 1. The molecule has 2 fully saturated rings. The van der Waals surface area contributed by atoms with Crippen LogP contribution in [0.4, 0.5) is 5.69 Å². The first-order valence-electron chi connectivity index (χ1n) is 7.99. The maximum atomic E-state index is 12.2. The standard InChI is InChI=1S/C15H25N5O/c16-14-9-17-20(11-14)12-15(21)19-7-3-13(4-8-19)10-18-5-1-2-6-18/h9,11,13H,1-8,10,12,16H2. The van der Waals surface area contributed by atoms with E-state index in [-0.39, 0.29) is 5.91 Å². The van der Waals surface area contributed by atoms with Gasteiger partial charge in [-0.15, -0.1) is 0 Å². The van der Waals surface area contributed by atoms with E-state index in [4.69, 9.17) is 5.73 Å². The van der Waals surface area contributed by atoms with Crippen LogP contribution in [0.25, 0.3) is 0 Å². The molecule has 0 aromatic carbocycles. The van der Waals surface area contributed by atoms with Gasteiger partial charge < -0.3 is 15.5 Å². The molecule has 0 saturated carbocycles. The lowest BCUT2D eigenvalue weighted by Crippen LogP contribution is -2.42. The molecule has 0 radical (unpaired) electrons. The minimum atomic E-state index is 0.151. The van der Waals surface area contributed by atoms with Crippen molar-refractivity contribution >= 4 is 11.6 Å². The summed E-state index contributed by atoms with van der Waals surface area (Å²) in [7, 11) is 0. The monoisotopic (exact) mass is 291 g/mol. The van der Waals surface area contributed by atoms with Crippen LogP contribution in [-0.4, -0.2) is 58.2 Å². The van der Waals surface area contributed by atoms with Gasteiger partial charge in [-0.05, 0) is 44.7 Å². The van der Waals surface area contributed by atoms with Crippen LogP contribution in [0, 0.1) is 5.92 Å². The molecule has 3 rings (SSSR count). The molecule has 0 atom stereocenters. The second-order valence-electron chi connectivity index (χ2n) is 6.30. The molecular weight excluding hydrogens is 266 g/mol. The molecule has 6 nitrogen and oxygen atoms in total. The molecule has 2 aliphatic heterocycles. The van der Waals surface area contributed by atoms with Crippen LogP contribution in [0.3, 0.4) is 0 Å². The van der Waals surface area contributed by atoms with Crippen molar-refractivity contribution in [2.75, 3.05) is 38.5 Å². The van der Waals surface area contributed by atoms with Crippen molar-refractivity contribution in [3.8, 4) is 0 Å². The molecule has 0 aliphatic carbocycles. The summed E-state index contributed by atoms with van der Waals surface area (Å²) in [6, 6.07) is 0. The molecule has 0 bridgehead atoms. The predicted molar refractivity (Wildman–Crippen MR) is 81.6 cm³/mol. The average molecular weight is 291 g/mol. The van der Waals surface area contributed by atoms with Crippen LogP contribution in [0.1, 0.15) is 25.7 Å².